The molecule has 0 fully saturated rings. The van der Waals surface area contributed by atoms with Gasteiger partial charge in [0.15, 0.2) is 0 Å². The van der Waals surface area contributed by atoms with Gasteiger partial charge in [0, 0.05) is 30.5 Å². The molecule has 0 spiro atoms. The van der Waals surface area contributed by atoms with E-state index in [0.29, 0.717) is 13.1 Å². The fraction of sp³-hybridized carbons (Fsp3) is 0.375. The molecule has 21 heavy (non-hydrogen) atoms. The van der Waals surface area contributed by atoms with E-state index in [9.17, 15) is 4.79 Å². The predicted molar refractivity (Wildman–Crippen MR) is 82.5 cm³/mol. The molecule has 2 N–H and O–H groups in total. The summed E-state index contributed by atoms with van der Waals surface area (Å²) in [4.78, 5) is 12.3. The maximum absolute atomic E-state index is 12.3. The summed E-state index contributed by atoms with van der Waals surface area (Å²) in [5.74, 6) is -0.000530. The van der Waals surface area contributed by atoms with Gasteiger partial charge in [0.1, 0.15) is 0 Å². The molecule has 0 saturated carbocycles. The van der Waals surface area contributed by atoms with Crippen molar-refractivity contribution in [3.8, 4) is 0 Å². The Bertz CT molecular complexity index is 647. The first-order chi connectivity index (χ1) is 10.2. The molecule has 1 aliphatic heterocycles. The molecule has 1 aliphatic rings. The fourth-order valence-corrected chi connectivity index (χ4v) is 2.69. The highest BCUT2D eigenvalue weighted by molar-refractivity contribution is 5.97. The third kappa shape index (κ3) is 3.07. The highest BCUT2D eigenvalue weighted by Crippen LogP contribution is 2.25. The second kappa shape index (κ2) is 5.99. The van der Waals surface area contributed by atoms with Crippen LogP contribution in [0.4, 0.5) is 5.69 Å². The van der Waals surface area contributed by atoms with Gasteiger partial charge in [-0.25, -0.2) is 0 Å². The topological polar surface area (TPSA) is 59.0 Å². The van der Waals surface area contributed by atoms with Crippen molar-refractivity contribution in [3.63, 3.8) is 0 Å². The lowest BCUT2D eigenvalue weighted by molar-refractivity contribution is 0.0951. The van der Waals surface area contributed by atoms with Crippen molar-refractivity contribution < 1.29 is 4.79 Å². The van der Waals surface area contributed by atoms with E-state index in [0.717, 1.165) is 41.8 Å². The molecule has 2 heterocycles. The zero-order valence-electron chi connectivity index (χ0n) is 12.2. The molecule has 0 radical (unpaired) electrons. The Morgan fingerprint density at radius 1 is 1.48 bits per heavy atom. The van der Waals surface area contributed by atoms with E-state index in [2.05, 4.69) is 15.7 Å². The summed E-state index contributed by atoms with van der Waals surface area (Å²) in [6, 6.07) is 5.87. The Kier molecular flexibility index (Phi) is 3.90. The number of hydrogen-bond acceptors (Lipinski definition) is 3. The van der Waals surface area contributed by atoms with Crippen molar-refractivity contribution >= 4 is 11.6 Å². The average molecular weight is 284 g/mol. The predicted octanol–water partition coefficient (Wildman–Crippen LogP) is 1.98. The van der Waals surface area contributed by atoms with Gasteiger partial charge in [-0.3, -0.25) is 9.48 Å². The normalized spacial score (nSPS) is 13.4. The highest BCUT2D eigenvalue weighted by atomic mass is 16.1. The van der Waals surface area contributed by atoms with Crippen LogP contribution in [0.2, 0.25) is 0 Å². The van der Waals surface area contributed by atoms with Crippen LogP contribution in [0.15, 0.2) is 30.6 Å². The summed E-state index contributed by atoms with van der Waals surface area (Å²) in [5, 5.41) is 10.5. The Balaban J connectivity index is 1.63. The minimum atomic E-state index is -0.000530. The Morgan fingerprint density at radius 3 is 3.19 bits per heavy atom. The fourth-order valence-electron chi connectivity index (χ4n) is 2.69. The van der Waals surface area contributed by atoms with Crippen molar-refractivity contribution in [2.24, 2.45) is 0 Å². The van der Waals surface area contributed by atoms with Crippen LogP contribution in [0.5, 0.6) is 0 Å². The van der Waals surface area contributed by atoms with Crippen LogP contribution in [-0.4, -0.2) is 28.8 Å². The summed E-state index contributed by atoms with van der Waals surface area (Å²) in [6.45, 7) is 4.26. The van der Waals surface area contributed by atoms with Crippen LogP contribution < -0.4 is 10.6 Å². The zero-order chi connectivity index (χ0) is 14.7. The Labute approximate surface area is 124 Å². The minimum Gasteiger partial charge on any atom is -0.385 e. The molecule has 0 saturated heterocycles. The van der Waals surface area contributed by atoms with E-state index in [1.807, 2.05) is 42.2 Å². The molecular formula is C16H20N4O. The van der Waals surface area contributed by atoms with E-state index in [4.69, 9.17) is 0 Å². The summed E-state index contributed by atoms with van der Waals surface area (Å²) < 4.78 is 1.84. The van der Waals surface area contributed by atoms with Gasteiger partial charge in [-0.15, -0.1) is 0 Å². The van der Waals surface area contributed by atoms with Crippen LogP contribution >= 0.6 is 0 Å². The number of amides is 1. The molecule has 3 rings (SSSR count). The number of fused-ring (bicyclic) bond motifs is 1. The number of nitrogens with zero attached hydrogens (tertiary/aromatic N) is 2. The highest BCUT2D eigenvalue weighted by Gasteiger charge is 2.16. The van der Waals surface area contributed by atoms with Crippen molar-refractivity contribution in [3.05, 3.63) is 47.3 Å². The van der Waals surface area contributed by atoms with Crippen LogP contribution in [0.25, 0.3) is 0 Å². The van der Waals surface area contributed by atoms with Crippen LogP contribution in [0.3, 0.4) is 0 Å². The van der Waals surface area contributed by atoms with Crippen molar-refractivity contribution in [2.45, 2.75) is 26.3 Å². The van der Waals surface area contributed by atoms with E-state index >= 15 is 0 Å². The number of benzene rings is 1. The van der Waals surface area contributed by atoms with Gasteiger partial charge in [0.2, 0.25) is 0 Å². The largest absolute Gasteiger partial charge is 0.385 e. The number of aryl methyl sites for hydroxylation is 1. The lowest BCUT2D eigenvalue weighted by atomic mass is 9.97. The maximum Gasteiger partial charge on any atom is 0.251 e. The molecule has 5 heteroatoms. The first-order valence-electron chi connectivity index (χ1n) is 7.37. The van der Waals surface area contributed by atoms with Gasteiger partial charge >= 0.3 is 0 Å². The maximum atomic E-state index is 12.3. The van der Waals surface area contributed by atoms with Crippen molar-refractivity contribution in [1.29, 1.82) is 0 Å². The van der Waals surface area contributed by atoms with Gasteiger partial charge in [0.25, 0.3) is 5.91 Å². The lowest BCUT2D eigenvalue weighted by Crippen LogP contribution is -2.29. The number of aromatic nitrogens is 2. The minimum absolute atomic E-state index is 0.000530. The monoisotopic (exact) mass is 284 g/mol. The molecular weight excluding hydrogens is 264 g/mol. The van der Waals surface area contributed by atoms with E-state index in [1.165, 1.54) is 0 Å². The van der Waals surface area contributed by atoms with Gasteiger partial charge in [-0.2, -0.15) is 5.10 Å². The molecule has 0 atom stereocenters. The van der Waals surface area contributed by atoms with Crippen molar-refractivity contribution in [1.82, 2.24) is 15.1 Å². The van der Waals surface area contributed by atoms with E-state index in [-0.39, 0.29) is 5.91 Å². The Hall–Kier alpha value is -2.30. The quantitative estimate of drug-likeness (QED) is 0.902. The molecule has 0 aliphatic carbocycles. The van der Waals surface area contributed by atoms with Crippen LogP contribution in [0, 0.1) is 6.92 Å². The third-order valence-electron chi connectivity index (χ3n) is 3.73. The van der Waals surface area contributed by atoms with Crippen LogP contribution in [0.1, 0.15) is 27.9 Å². The third-order valence-corrected chi connectivity index (χ3v) is 3.73. The summed E-state index contributed by atoms with van der Waals surface area (Å²) >= 11 is 0. The molecule has 0 unspecified atom stereocenters. The van der Waals surface area contributed by atoms with Crippen molar-refractivity contribution in [2.75, 3.05) is 18.4 Å². The summed E-state index contributed by atoms with van der Waals surface area (Å²) in [7, 11) is 0. The molecule has 110 valence electrons. The van der Waals surface area contributed by atoms with E-state index < -0.39 is 0 Å². The standard InChI is InChI=1S/C16H20N4O/c1-12-10-19-20(11-12)9-8-18-16(21)14-4-2-6-15-13(14)5-3-7-17-15/h2,4,6,10-11,17H,3,5,7-9H2,1H3,(H,18,21). The molecule has 2 aromatic rings. The molecule has 5 nitrogen and oxygen atoms in total. The van der Waals surface area contributed by atoms with Gasteiger partial charge in [-0.1, -0.05) is 6.07 Å². The lowest BCUT2D eigenvalue weighted by Gasteiger charge is -2.20. The average Bonchev–Trinajstić information content (AvgIpc) is 2.92. The molecule has 1 aromatic carbocycles. The number of nitrogens with one attached hydrogen (secondary N) is 2. The van der Waals surface area contributed by atoms with E-state index in [1.54, 1.807) is 0 Å². The smallest absolute Gasteiger partial charge is 0.251 e. The number of anilines is 1. The van der Waals surface area contributed by atoms with Gasteiger partial charge in [0.05, 0.1) is 12.7 Å². The number of carbonyl (C=O) groups is 1. The van der Waals surface area contributed by atoms with Gasteiger partial charge < -0.3 is 10.6 Å². The molecule has 0 bridgehead atoms. The Morgan fingerprint density at radius 2 is 2.38 bits per heavy atom. The second-order valence-corrected chi connectivity index (χ2v) is 5.40. The molecule has 1 amide bonds. The number of hydrogen-bond donors (Lipinski definition) is 2. The first-order valence-corrected chi connectivity index (χ1v) is 7.37. The summed E-state index contributed by atoms with van der Waals surface area (Å²) in [5.41, 5.74) is 4.15. The molecule has 1 aromatic heterocycles. The van der Waals surface area contributed by atoms with Gasteiger partial charge in [-0.05, 0) is 43.0 Å². The number of rotatable bonds is 4. The van der Waals surface area contributed by atoms with Crippen LogP contribution in [-0.2, 0) is 13.0 Å². The SMILES string of the molecule is Cc1cnn(CCNC(=O)c2cccc3c2CCCN3)c1. The zero-order valence-corrected chi connectivity index (χ0v) is 12.2. The number of carbonyl (C=O) groups excluding carboxylic acids is 1. The second-order valence-electron chi connectivity index (χ2n) is 5.40. The summed E-state index contributed by atoms with van der Waals surface area (Å²) in [6.07, 6.45) is 5.83. The first kappa shape index (κ1) is 13.7.